The first-order valence-electron chi connectivity index (χ1n) is 7.94. The highest BCUT2D eigenvalue weighted by molar-refractivity contribution is 5.83. The molecule has 19 heavy (non-hydrogen) atoms. The quantitative estimate of drug-likeness (QED) is 0.817. The van der Waals surface area contributed by atoms with Crippen LogP contribution in [-0.2, 0) is 4.79 Å². The van der Waals surface area contributed by atoms with Gasteiger partial charge in [0.05, 0.1) is 0 Å². The molecule has 5 unspecified atom stereocenters. The van der Waals surface area contributed by atoms with Gasteiger partial charge in [-0.15, -0.1) is 0 Å². The summed E-state index contributed by atoms with van der Waals surface area (Å²) in [6, 6.07) is 0.212. The highest BCUT2D eigenvalue weighted by atomic mass is 16.2. The molecule has 0 radical (unpaired) electrons. The van der Waals surface area contributed by atoms with Crippen molar-refractivity contribution in [3.8, 4) is 0 Å². The van der Waals surface area contributed by atoms with E-state index in [2.05, 4.69) is 26.1 Å². The fourth-order valence-corrected chi connectivity index (χ4v) is 4.83. The Morgan fingerprint density at radius 3 is 2.32 bits per heavy atom. The molecule has 3 heteroatoms. The largest absolute Gasteiger partial charge is 0.353 e. The molecule has 0 heterocycles. The molecule has 3 rings (SSSR count). The number of hydrogen-bond donors (Lipinski definition) is 2. The average Bonchev–Trinajstić information content (AvgIpc) is 2.77. The van der Waals surface area contributed by atoms with Crippen LogP contribution in [0.5, 0.6) is 0 Å². The molecule has 0 aromatic carbocycles. The van der Waals surface area contributed by atoms with Crippen LogP contribution < -0.4 is 11.1 Å². The maximum Gasteiger partial charge on any atom is 0.223 e. The lowest BCUT2D eigenvalue weighted by Crippen LogP contribution is -2.46. The van der Waals surface area contributed by atoms with Crippen molar-refractivity contribution in [1.29, 1.82) is 0 Å². The van der Waals surface area contributed by atoms with Crippen LogP contribution in [0.15, 0.2) is 0 Å². The molecule has 0 aliphatic heterocycles. The summed E-state index contributed by atoms with van der Waals surface area (Å²) in [6.45, 7) is 7.20. The van der Waals surface area contributed by atoms with Crippen LogP contribution in [0.1, 0.15) is 46.5 Å². The van der Waals surface area contributed by atoms with Gasteiger partial charge in [-0.1, -0.05) is 20.8 Å². The van der Waals surface area contributed by atoms with E-state index < -0.39 is 0 Å². The SMILES string of the molecule is CC(C)(C)C(CCN)NC(=O)C1C2C3CCC(C3)C12. The predicted molar refractivity (Wildman–Crippen MR) is 76.4 cm³/mol. The monoisotopic (exact) mass is 264 g/mol. The van der Waals surface area contributed by atoms with Crippen molar-refractivity contribution in [3.05, 3.63) is 0 Å². The third kappa shape index (κ3) is 2.20. The van der Waals surface area contributed by atoms with Crippen molar-refractivity contribution >= 4 is 5.91 Å². The topological polar surface area (TPSA) is 55.1 Å². The normalized spacial score (nSPS) is 40.9. The molecule has 0 aromatic heterocycles. The molecular weight excluding hydrogens is 236 g/mol. The molecule has 108 valence electrons. The van der Waals surface area contributed by atoms with Gasteiger partial charge in [0, 0.05) is 12.0 Å². The molecule has 3 N–H and O–H groups in total. The van der Waals surface area contributed by atoms with Gasteiger partial charge in [0.1, 0.15) is 0 Å². The number of fused-ring (bicyclic) bond motifs is 5. The minimum absolute atomic E-state index is 0.0953. The first-order valence-corrected chi connectivity index (χ1v) is 7.94. The van der Waals surface area contributed by atoms with E-state index in [-0.39, 0.29) is 11.5 Å². The van der Waals surface area contributed by atoms with Gasteiger partial charge in [-0.05, 0) is 61.3 Å². The number of nitrogens with one attached hydrogen (secondary N) is 1. The standard InChI is InChI=1S/C16H28N2O/c1-16(2,3)11(6-7-17)18-15(19)14-12-9-4-5-10(8-9)13(12)14/h9-14H,4-8,17H2,1-3H3,(H,18,19). The lowest BCUT2D eigenvalue weighted by atomic mass is 9.84. The van der Waals surface area contributed by atoms with E-state index in [1.54, 1.807) is 0 Å². The van der Waals surface area contributed by atoms with Gasteiger partial charge in [-0.3, -0.25) is 4.79 Å². The molecule has 3 saturated carbocycles. The van der Waals surface area contributed by atoms with Crippen LogP contribution in [-0.4, -0.2) is 18.5 Å². The van der Waals surface area contributed by atoms with Crippen LogP contribution in [0, 0.1) is 35.0 Å². The molecule has 0 spiro atoms. The van der Waals surface area contributed by atoms with E-state index in [1.165, 1.54) is 19.3 Å². The van der Waals surface area contributed by atoms with Gasteiger partial charge in [-0.25, -0.2) is 0 Å². The number of rotatable bonds is 4. The summed E-state index contributed by atoms with van der Waals surface area (Å²) in [4.78, 5) is 12.5. The lowest BCUT2D eigenvalue weighted by molar-refractivity contribution is -0.124. The maximum absolute atomic E-state index is 12.5. The van der Waals surface area contributed by atoms with E-state index in [4.69, 9.17) is 5.73 Å². The van der Waals surface area contributed by atoms with E-state index in [9.17, 15) is 4.79 Å². The second-order valence-electron chi connectivity index (χ2n) is 8.02. The zero-order chi connectivity index (χ0) is 13.8. The molecule has 0 aromatic rings. The maximum atomic E-state index is 12.5. The summed E-state index contributed by atoms with van der Waals surface area (Å²) in [5.74, 6) is 3.87. The fourth-order valence-electron chi connectivity index (χ4n) is 4.83. The highest BCUT2D eigenvalue weighted by Gasteiger charge is 2.67. The second kappa shape index (κ2) is 4.47. The highest BCUT2D eigenvalue weighted by Crippen LogP contribution is 2.69. The van der Waals surface area contributed by atoms with Gasteiger partial charge in [0.25, 0.3) is 0 Å². The third-order valence-electron chi connectivity index (χ3n) is 5.86. The summed E-state index contributed by atoms with van der Waals surface area (Å²) in [6.07, 6.45) is 5.04. The second-order valence-corrected chi connectivity index (χ2v) is 8.02. The summed E-state index contributed by atoms with van der Waals surface area (Å²) in [7, 11) is 0. The molecular formula is C16H28N2O. The first-order chi connectivity index (χ1) is 8.93. The van der Waals surface area contributed by atoms with Crippen LogP contribution in [0.3, 0.4) is 0 Å². The summed E-state index contributed by atoms with van der Waals surface area (Å²) in [5.41, 5.74) is 5.78. The molecule has 5 atom stereocenters. The lowest BCUT2D eigenvalue weighted by Gasteiger charge is -2.31. The summed E-state index contributed by atoms with van der Waals surface area (Å²) >= 11 is 0. The Hall–Kier alpha value is -0.570. The minimum Gasteiger partial charge on any atom is -0.353 e. The smallest absolute Gasteiger partial charge is 0.223 e. The number of amides is 1. The van der Waals surface area contributed by atoms with E-state index in [0.29, 0.717) is 18.4 Å². The third-order valence-corrected chi connectivity index (χ3v) is 5.86. The molecule has 3 aliphatic rings. The van der Waals surface area contributed by atoms with Gasteiger partial charge in [-0.2, -0.15) is 0 Å². The van der Waals surface area contributed by atoms with Crippen molar-refractivity contribution in [3.63, 3.8) is 0 Å². The molecule has 0 saturated heterocycles. The van der Waals surface area contributed by atoms with Crippen LogP contribution in [0.2, 0.25) is 0 Å². The van der Waals surface area contributed by atoms with Crippen molar-refractivity contribution in [2.75, 3.05) is 6.54 Å². The zero-order valence-corrected chi connectivity index (χ0v) is 12.5. The Morgan fingerprint density at radius 2 is 1.84 bits per heavy atom. The van der Waals surface area contributed by atoms with Crippen molar-refractivity contribution in [2.45, 2.75) is 52.5 Å². The molecule has 3 nitrogen and oxygen atoms in total. The number of carbonyl (C=O) groups is 1. The average molecular weight is 264 g/mol. The Bertz CT molecular complexity index is 357. The summed E-state index contributed by atoms with van der Waals surface area (Å²) < 4.78 is 0. The molecule has 3 fully saturated rings. The summed E-state index contributed by atoms with van der Waals surface area (Å²) in [5, 5.41) is 3.30. The van der Waals surface area contributed by atoms with E-state index in [1.807, 2.05) is 0 Å². The first kappa shape index (κ1) is 13.4. The van der Waals surface area contributed by atoms with E-state index in [0.717, 1.165) is 30.1 Å². The van der Waals surface area contributed by atoms with Crippen molar-refractivity contribution in [2.24, 2.45) is 40.7 Å². The van der Waals surface area contributed by atoms with Gasteiger partial charge in [0.2, 0.25) is 5.91 Å². The van der Waals surface area contributed by atoms with Crippen molar-refractivity contribution in [1.82, 2.24) is 5.32 Å². The van der Waals surface area contributed by atoms with Crippen LogP contribution >= 0.6 is 0 Å². The van der Waals surface area contributed by atoms with E-state index >= 15 is 0 Å². The number of hydrogen-bond acceptors (Lipinski definition) is 2. The zero-order valence-electron chi connectivity index (χ0n) is 12.5. The van der Waals surface area contributed by atoms with Crippen LogP contribution in [0.25, 0.3) is 0 Å². The molecule has 2 bridgehead atoms. The Balaban J connectivity index is 1.60. The van der Waals surface area contributed by atoms with Gasteiger partial charge < -0.3 is 11.1 Å². The molecule has 3 aliphatic carbocycles. The Labute approximate surface area is 116 Å². The Morgan fingerprint density at radius 1 is 1.26 bits per heavy atom. The number of nitrogens with two attached hydrogens (primary N) is 1. The van der Waals surface area contributed by atoms with Crippen LogP contribution in [0.4, 0.5) is 0 Å². The van der Waals surface area contributed by atoms with Gasteiger partial charge in [0.15, 0.2) is 0 Å². The predicted octanol–water partition coefficient (Wildman–Crippen LogP) is 2.16. The fraction of sp³-hybridized carbons (Fsp3) is 0.938. The minimum atomic E-state index is 0.0953. The number of carbonyl (C=O) groups excluding carboxylic acids is 1. The van der Waals surface area contributed by atoms with Crippen molar-refractivity contribution < 1.29 is 4.79 Å². The molecule has 1 amide bonds. The van der Waals surface area contributed by atoms with Gasteiger partial charge >= 0.3 is 0 Å². The Kier molecular flexibility index (Phi) is 3.16.